The molecule has 198 valence electrons. The van der Waals surface area contributed by atoms with Crippen LogP contribution in [0.5, 0.6) is 0 Å². The minimum absolute atomic E-state index is 0.00996. The fourth-order valence-corrected chi connectivity index (χ4v) is 12.1. The molecule has 4 nitrogen and oxygen atoms in total. The standard InChI is InChI=1S/C31H50O4/c1-19(33)31-14-9-21(30(6)18-35-30)25(31)20-7-8-23-26(2)12-11-24(34)27(3,17-32)22(26)10-13-29(23,5)28(20,4)15-16-31/h20-25,32-34H,1,7-18H2,2-6H3/t20?,21?,22-,23?,24+,25?,26+,27+,28-,29-,30?,31-/m1/s1. The Morgan fingerprint density at radius 2 is 1.54 bits per heavy atom. The predicted molar refractivity (Wildman–Crippen MR) is 138 cm³/mol. The first kappa shape index (κ1) is 24.7. The normalized spacial score (nSPS) is 61.2. The van der Waals surface area contributed by atoms with Crippen LogP contribution in [0.3, 0.4) is 0 Å². The van der Waals surface area contributed by atoms with Gasteiger partial charge in [-0.25, -0.2) is 0 Å². The summed E-state index contributed by atoms with van der Waals surface area (Å²) in [4.78, 5) is 0. The maximum atomic E-state index is 11.0. The number of rotatable bonds is 3. The van der Waals surface area contributed by atoms with Crippen molar-refractivity contribution in [1.82, 2.24) is 0 Å². The van der Waals surface area contributed by atoms with Crippen LogP contribution in [0.4, 0.5) is 0 Å². The van der Waals surface area contributed by atoms with Gasteiger partial charge in [-0.15, -0.1) is 0 Å². The molecule has 5 aliphatic carbocycles. The van der Waals surface area contributed by atoms with Crippen LogP contribution in [0.25, 0.3) is 0 Å². The average molecular weight is 487 g/mol. The fourth-order valence-electron chi connectivity index (χ4n) is 12.1. The van der Waals surface area contributed by atoms with E-state index in [2.05, 4.69) is 41.2 Å². The van der Waals surface area contributed by atoms with Crippen LogP contribution in [0.15, 0.2) is 12.3 Å². The molecule has 0 aromatic carbocycles. The molecule has 0 aromatic heterocycles. The molecule has 5 saturated carbocycles. The van der Waals surface area contributed by atoms with Gasteiger partial charge in [-0.2, -0.15) is 0 Å². The number of epoxide rings is 1. The smallest absolute Gasteiger partial charge is 0.0919 e. The van der Waals surface area contributed by atoms with Gasteiger partial charge >= 0.3 is 0 Å². The summed E-state index contributed by atoms with van der Waals surface area (Å²) in [6.45, 7) is 17.3. The first-order chi connectivity index (χ1) is 16.3. The van der Waals surface area contributed by atoms with Crippen LogP contribution in [0.2, 0.25) is 0 Å². The van der Waals surface area contributed by atoms with Gasteiger partial charge in [0.1, 0.15) is 0 Å². The minimum Gasteiger partial charge on any atom is -0.512 e. The van der Waals surface area contributed by atoms with E-state index in [0.717, 1.165) is 45.1 Å². The highest BCUT2D eigenvalue weighted by Crippen LogP contribution is 2.78. The van der Waals surface area contributed by atoms with Crippen molar-refractivity contribution in [3.05, 3.63) is 12.3 Å². The lowest BCUT2D eigenvalue weighted by atomic mass is 9.32. The number of hydrogen-bond donors (Lipinski definition) is 3. The quantitative estimate of drug-likeness (QED) is 0.325. The summed E-state index contributed by atoms with van der Waals surface area (Å²) < 4.78 is 6.07. The Labute approximate surface area is 212 Å². The molecule has 12 atom stereocenters. The Kier molecular flexibility index (Phi) is 5.15. The summed E-state index contributed by atoms with van der Waals surface area (Å²) >= 11 is 0. The van der Waals surface area contributed by atoms with Gasteiger partial charge in [-0.1, -0.05) is 34.3 Å². The molecular weight excluding hydrogens is 436 g/mol. The monoisotopic (exact) mass is 486 g/mol. The summed E-state index contributed by atoms with van der Waals surface area (Å²) in [7, 11) is 0. The Hall–Kier alpha value is -0.580. The second kappa shape index (κ2) is 7.29. The first-order valence-corrected chi connectivity index (χ1v) is 14.6. The maximum absolute atomic E-state index is 11.0. The molecule has 0 spiro atoms. The molecule has 4 heteroatoms. The minimum atomic E-state index is -0.397. The van der Waals surface area contributed by atoms with E-state index in [1.54, 1.807) is 0 Å². The summed E-state index contributed by atoms with van der Waals surface area (Å²) in [6, 6.07) is 0. The maximum Gasteiger partial charge on any atom is 0.0919 e. The Bertz CT molecular complexity index is 912. The molecule has 6 rings (SSSR count). The van der Waals surface area contributed by atoms with Gasteiger partial charge in [0.25, 0.3) is 0 Å². The third-order valence-electron chi connectivity index (χ3n) is 14.5. The van der Waals surface area contributed by atoms with Crippen molar-refractivity contribution in [2.75, 3.05) is 13.2 Å². The first-order valence-electron chi connectivity index (χ1n) is 14.6. The van der Waals surface area contributed by atoms with Gasteiger partial charge in [0.15, 0.2) is 0 Å². The van der Waals surface area contributed by atoms with Gasteiger partial charge in [0.2, 0.25) is 0 Å². The zero-order valence-corrected chi connectivity index (χ0v) is 22.9. The Morgan fingerprint density at radius 3 is 2.17 bits per heavy atom. The van der Waals surface area contributed by atoms with Crippen LogP contribution < -0.4 is 0 Å². The highest BCUT2D eigenvalue weighted by molar-refractivity contribution is 5.24. The van der Waals surface area contributed by atoms with E-state index in [9.17, 15) is 15.3 Å². The van der Waals surface area contributed by atoms with Crippen LogP contribution in [-0.4, -0.2) is 40.2 Å². The van der Waals surface area contributed by atoms with Crippen molar-refractivity contribution in [1.29, 1.82) is 0 Å². The largest absolute Gasteiger partial charge is 0.512 e. The van der Waals surface area contributed by atoms with Crippen molar-refractivity contribution in [3.63, 3.8) is 0 Å². The molecule has 5 unspecified atom stereocenters. The number of aliphatic hydroxyl groups excluding tert-OH is 3. The van der Waals surface area contributed by atoms with E-state index in [-0.39, 0.29) is 33.9 Å². The number of fused-ring (bicyclic) bond motifs is 7. The lowest BCUT2D eigenvalue weighted by molar-refractivity contribution is -0.254. The zero-order chi connectivity index (χ0) is 25.2. The molecule has 6 aliphatic rings. The lowest BCUT2D eigenvalue weighted by Crippen LogP contribution is -2.67. The molecular formula is C31H50O4. The van der Waals surface area contributed by atoms with Gasteiger partial charge in [0.05, 0.1) is 30.7 Å². The molecule has 0 bridgehead atoms. The van der Waals surface area contributed by atoms with E-state index < -0.39 is 11.5 Å². The predicted octanol–water partition coefficient (Wildman–Crippen LogP) is 6.26. The second-order valence-corrected chi connectivity index (χ2v) is 15.3. The number of hydrogen-bond acceptors (Lipinski definition) is 4. The van der Waals surface area contributed by atoms with E-state index >= 15 is 0 Å². The number of allylic oxidation sites excluding steroid dienone is 1. The van der Waals surface area contributed by atoms with Crippen LogP contribution in [0.1, 0.15) is 98.8 Å². The third kappa shape index (κ3) is 2.81. The van der Waals surface area contributed by atoms with Gasteiger partial charge in [0, 0.05) is 10.8 Å². The van der Waals surface area contributed by atoms with Crippen LogP contribution in [0, 0.1) is 56.7 Å². The molecule has 0 radical (unpaired) electrons. The van der Waals surface area contributed by atoms with Crippen molar-refractivity contribution >= 4 is 0 Å². The summed E-state index contributed by atoms with van der Waals surface area (Å²) in [5.41, 5.74) is 0.0983. The highest BCUT2D eigenvalue weighted by Gasteiger charge is 2.73. The van der Waals surface area contributed by atoms with Gasteiger partial charge < -0.3 is 20.1 Å². The van der Waals surface area contributed by atoms with E-state index in [0.29, 0.717) is 35.3 Å². The molecule has 0 amide bonds. The van der Waals surface area contributed by atoms with Gasteiger partial charge in [-0.3, -0.25) is 0 Å². The highest BCUT2D eigenvalue weighted by atomic mass is 16.6. The van der Waals surface area contributed by atoms with Crippen molar-refractivity contribution in [2.24, 2.45) is 56.7 Å². The summed E-state index contributed by atoms with van der Waals surface area (Å²) in [5, 5.41) is 32.5. The van der Waals surface area contributed by atoms with Crippen molar-refractivity contribution in [2.45, 2.75) is 111 Å². The number of aliphatic hydroxyl groups is 3. The second-order valence-electron chi connectivity index (χ2n) is 15.3. The molecule has 1 saturated heterocycles. The molecule has 0 aromatic rings. The molecule has 3 N–H and O–H groups in total. The molecule has 1 heterocycles. The van der Waals surface area contributed by atoms with E-state index in [4.69, 9.17) is 4.74 Å². The van der Waals surface area contributed by atoms with E-state index in [1.807, 2.05) is 0 Å². The Morgan fingerprint density at radius 1 is 0.829 bits per heavy atom. The average Bonchev–Trinajstić information content (AvgIpc) is 3.42. The van der Waals surface area contributed by atoms with Crippen molar-refractivity contribution < 1.29 is 20.1 Å². The number of ether oxygens (including phenoxy) is 1. The molecule has 35 heavy (non-hydrogen) atoms. The third-order valence-corrected chi connectivity index (χ3v) is 14.5. The van der Waals surface area contributed by atoms with E-state index in [1.165, 1.54) is 25.7 Å². The summed E-state index contributed by atoms with van der Waals surface area (Å²) in [6.07, 6.45) is 10.7. The van der Waals surface area contributed by atoms with Crippen molar-refractivity contribution in [3.8, 4) is 0 Å². The van der Waals surface area contributed by atoms with Gasteiger partial charge in [-0.05, 0) is 117 Å². The Balaban J connectivity index is 1.40. The SMILES string of the molecule is C=C(O)[C@]12CCC(C3(C)CO3)C1C1CCC3[C@@]4(C)CC[C@H](O)[C@@](C)(CO)[C@@H]4CC[C@@]3(C)[C@]1(C)CC2. The lowest BCUT2D eigenvalue weighted by Gasteiger charge is -2.73. The topological polar surface area (TPSA) is 73.2 Å². The fraction of sp³-hybridized carbons (Fsp3) is 0.935. The molecule has 1 aliphatic heterocycles. The van der Waals surface area contributed by atoms with Crippen LogP contribution >= 0.6 is 0 Å². The molecule has 6 fully saturated rings. The summed E-state index contributed by atoms with van der Waals surface area (Å²) in [5.74, 6) is 3.01. The van der Waals surface area contributed by atoms with Crippen LogP contribution in [-0.2, 0) is 4.74 Å². The zero-order valence-electron chi connectivity index (χ0n) is 22.9.